The molecule has 34 heavy (non-hydrogen) atoms. The van der Waals surface area contributed by atoms with Gasteiger partial charge in [-0.2, -0.15) is 0 Å². The van der Waals surface area contributed by atoms with Crippen LogP contribution in [-0.4, -0.2) is 0 Å². The molecule has 5 aromatic carbocycles. The minimum atomic E-state index is 0.0291. The monoisotopic (exact) mass is 436 g/mol. The smallest absolute Gasteiger partial charge is 0.0158 e. The second kappa shape index (κ2) is 8.15. The molecule has 0 heterocycles. The number of rotatable bonds is 4. The van der Waals surface area contributed by atoms with Crippen molar-refractivity contribution in [2.45, 2.75) is 25.7 Å². The molecule has 0 bridgehead atoms. The molecule has 0 amide bonds. The summed E-state index contributed by atoms with van der Waals surface area (Å²) >= 11 is 0. The van der Waals surface area contributed by atoms with Crippen molar-refractivity contribution in [3.05, 3.63) is 144 Å². The van der Waals surface area contributed by atoms with Gasteiger partial charge in [0, 0.05) is 5.41 Å². The van der Waals surface area contributed by atoms with Crippen LogP contribution in [0, 0.1) is 0 Å². The van der Waals surface area contributed by atoms with Crippen LogP contribution in [0.4, 0.5) is 0 Å². The minimum absolute atomic E-state index is 0.0291. The predicted octanol–water partition coefficient (Wildman–Crippen LogP) is 8.92. The maximum Gasteiger partial charge on any atom is 0.0158 e. The standard InChI is InChI=1S/C34H28/c1-34(2)31-18-10-9-17-29(31)33-28(16-11-19-32(33)34)22-27-21-20-26(24-12-5-3-6-13-24)23-30(27)25-14-7-4-8-15-25/h3-21,23H,22H2,1-2H3. The van der Waals surface area contributed by atoms with Crippen molar-refractivity contribution in [3.63, 3.8) is 0 Å². The first-order valence-corrected chi connectivity index (χ1v) is 12.1. The fourth-order valence-electron chi connectivity index (χ4n) is 5.61. The van der Waals surface area contributed by atoms with Gasteiger partial charge in [0.1, 0.15) is 0 Å². The maximum absolute atomic E-state index is 2.36. The summed E-state index contributed by atoms with van der Waals surface area (Å²) < 4.78 is 0. The summed E-state index contributed by atoms with van der Waals surface area (Å²) in [6.07, 6.45) is 0.910. The number of hydrogen-bond acceptors (Lipinski definition) is 0. The summed E-state index contributed by atoms with van der Waals surface area (Å²) in [5, 5.41) is 0. The van der Waals surface area contributed by atoms with Gasteiger partial charge >= 0.3 is 0 Å². The van der Waals surface area contributed by atoms with Crippen molar-refractivity contribution < 1.29 is 0 Å². The highest BCUT2D eigenvalue weighted by molar-refractivity contribution is 5.84. The zero-order chi connectivity index (χ0) is 23.1. The summed E-state index contributed by atoms with van der Waals surface area (Å²) in [5.41, 5.74) is 13.6. The summed E-state index contributed by atoms with van der Waals surface area (Å²) in [6, 6.07) is 44.2. The van der Waals surface area contributed by atoms with E-state index in [2.05, 4.69) is 135 Å². The van der Waals surface area contributed by atoms with Gasteiger partial charge in [-0.3, -0.25) is 0 Å². The summed E-state index contributed by atoms with van der Waals surface area (Å²) in [7, 11) is 0. The zero-order valence-electron chi connectivity index (χ0n) is 19.8. The first-order valence-electron chi connectivity index (χ1n) is 12.1. The molecule has 0 N–H and O–H groups in total. The SMILES string of the molecule is CC1(C)c2ccccc2-c2c(Cc3ccc(-c4ccccc4)cc3-c3ccccc3)cccc21. The Morgan fingerprint density at radius 2 is 1.12 bits per heavy atom. The molecular formula is C34H28. The lowest BCUT2D eigenvalue weighted by molar-refractivity contribution is 0.660. The molecular weight excluding hydrogens is 408 g/mol. The molecule has 164 valence electrons. The number of fused-ring (bicyclic) bond motifs is 3. The van der Waals surface area contributed by atoms with Crippen LogP contribution in [0.1, 0.15) is 36.1 Å². The normalized spacial score (nSPS) is 13.4. The van der Waals surface area contributed by atoms with Crippen LogP contribution in [0.15, 0.2) is 121 Å². The van der Waals surface area contributed by atoms with Crippen LogP contribution < -0.4 is 0 Å². The molecule has 0 atom stereocenters. The van der Waals surface area contributed by atoms with Gasteiger partial charge < -0.3 is 0 Å². The highest BCUT2D eigenvalue weighted by Gasteiger charge is 2.36. The van der Waals surface area contributed by atoms with Gasteiger partial charge in [0.2, 0.25) is 0 Å². The lowest BCUT2D eigenvalue weighted by Crippen LogP contribution is -2.14. The van der Waals surface area contributed by atoms with Crippen LogP contribution in [0.2, 0.25) is 0 Å². The van der Waals surface area contributed by atoms with Gasteiger partial charge in [0.05, 0.1) is 0 Å². The minimum Gasteiger partial charge on any atom is -0.0622 e. The van der Waals surface area contributed by atoms with Crippen LogP contribution >= 0.6 is 0 Å². The largest absolute Gasteiger partial charge is 0.0622 e. The molecule has 0 aromatic heterocycles. The summed E-state index contributed by atoms with van der Waals surface area (Å²) in [6.45, 7) is 4.71. The van der Waals surface area contributed by atoms with E-state index >= 15 is 0 Å². The summed E-state index contributed by atoms with van der Waals surface area (Å²) in [5.74, 6) is 0. The van der Waals surface area contributed by atoms with Crippen molar-refractivity contribution in [2.24, 2.45) is 0 Å². The Hall–Kier alpha value is -3.90. The second-order valence-corrected chi connectivity index (χ2v) is 9.79. The zero-order valence-corrected chi connectivity index (χ0v) is 19.8. The van der Waals surface area contributed by atoms with Crippen molar-refractivity contribution in [1.29, 1.82) is 0 Å². The van der Waals surface area contributed by atoms with E-state index in [1.54, 1.807) is 0 Å². The topological polar surface area (TPSA) is 0 Å². The number of hydrogen-bond donors (Lipinski definition) is 0. The molecule has 1 aliphatic rings. The van der Waals surface area contributed by atoms with Gasteiger partial charge in [-0.15, -0.1) is 0 Å². The van der Waals surface area contributed by atoms with Crippen LogP contribution in [0.5, 0.6) is 0 Å². The molecule has 0 saturated carbocycles. The van der Waals surface area contributed by atoms with Crippen molar-refractivity contribution >= 4 is 0 Å². The Kier molecular flexibility index (Phi) is 4.96. The van der Waals surface area contributed by atoms with E-state index in [4.69, 9.17) is 0 Å². The van der Waals surface area contributed by atoms with Crippen molar-refractivity contribution in [3.8, 4) is 33.4 Å². The van der Waals surface area contributed by atoms with Gasteiger partial charge in [-0.25, -0.2) is 0 Å². The molecule has 6 rings (SSSR count). The Bertz CT molecular complexity index is 1470. The molecule has 0 unspecified atom stereocenters. The Balaban J connectivity index is 1.50. The van der Waals surface area contributed by atoms with E-state index in [0.29, 0.717) is 0 Å². The average molecular weight is 437 g/mol. The van der Waals surface area contributed by atoms with Gasteiger partial charge in [0.25, 0.3) is 0 Å². The third kappa shape index (κ3) is 3.38. The molecule has 0 fully saturated rings. The van der Waals surface area contributed by atoms with Crippen molar-refractivity contribution in [2.75, 3.05) is 0 Å². The van der Waals surface area contributed by atoms with E-state index in [0.717, 1.165) is 6.42 Å². The first-order chi connectivity index (χ1) is 16.6. The Morgan fingerprint density at radius 1 is 0.471 bits per heavy atom. The molecule has 0 spiro atoms. The van der Waals surface area contributed by atoms with E-state index in [-0.39, 0.29) is 5.41 Å². The first kappa shape index (κ1) is 20.7. The molecule has 0 nitrogen and oxygen atoms in total. The van der Waals surface area contributed by atoms with Crippen molar-refractivity contribution in [1.82, 2.24) is 0 Å². The average Bonchev–Trinajstić information content (AvgIpc) is 3.13. The maximum atomic E-state index is 2.36. The molecule has 5 aromatic rings. The van der Waals surface area contributed by atoms with Crippen LogP contribution in [0.25, 0.3) is 33.4 Å². The third-order valence-electron chi connectivity index (χ3n) is 7.38. The predicted molar refractivity (Wildman–Crippen MR) is 144 cm³/mol. The van der Waals surface area contributed by atoms with E-state index in [9.17, 15) is 0 Å². The molecule has 0 saturated heterocycles. The lowest BCUT2D eigenvalue weighted by atomic mass is 9.82. The molecule has 1 aliphatic carbocycles. The summed E-state index contributed by atoms with van der Waals surface area (Å²) in [4.78, 5) is 0. The van der Waals surface area contributed by atoms with Crippen LogP contribution in [-0.2, 0) is 11.8 Å². The highest BCUT2D eigenvalue weighted by Crippen LogP contribution is 2.50. The highest BCUT2D eigenvalue weighted by atomic mass is 14.4. The van der Waals surface area contributed by atoms with Gasteiger partial charge in [-0.05, 0) is 68.1 Å². The molecule has 0 radical (unpaired) electrons. The third-order valence-corrected chi connectivity index (χ3v) is 7.38. The fraction of sp³-hybridized carbons (Fsp3) is 0.118. The molecule has 0 aliphatic heterocycles. The fourth-order valence-corrected chi connectivity index (χ4v) is 5.61. The van der Waals surface area contributed by atoms with Crippen LogP contribution in [0.3, 0.4) is 0 Å². The second-order valence-electron chi connectivity index (χ2n) is 9.79. The quantitative estimate of drug-likeness (QED) is 0.264. The van der Waals surface area contributed by atoms with E-state index in [1.807, 2.05) is 0 Å². The lowest BCUT2D eigenvalue weighted by Gasteiger charge is -2.21. The number of benzene rings is 5. The van der Waals surface area contributed by atoms with Gasteiger partial charge in [0.15, 0.2) is 0 Å². The Morgan fingerprint density at radius 3 is 1.88 bits per heavy atom. The van der Waals surface area contributed by atoms with Gasteiger partial charge in [-0.1, -0.05) is 129 Å². The molecule has 0 heteroatoms. The van der Waals surface area contributed by atoms with E-state index in [1.165, 1.54) is 55.6 Å². The van der Waals surface area contributed by atoms with E-state index < -0.39 is 0 Å². The Labute approximate surface area is 202 Å².